The highest BCUT2D eigenvalue weighted by atomic mass is 16.2. The van der Waals surface area contributed by atoms with Gasteiger partial charge in [-0.3, -0.25) is 19.6 Å². The Morgan fingerprint density at radius 1 is 1.30 bits per heavy atom. The lowest BCUT2D eigenvalue weighted by Crippen LogP contribution is -2.58. The van der Waals surface area contributed by atoms with E-state index in [9.17, 15) is 14.4 Å². The Bertz CT molecular complexity index is 765. The highest BCUT2D eigenvalue weighted by molar-refractivity contribution is 6.07. The van der Waals surface area contributed by atoms with E-state index in [2.05, 4.69) is 15.4 Å². The summed E-state index contributed by atoms with van der Waals surface area (Å²) in [5.74, 6) is 0.960. The molecule has 0 radical (unpaired) electrons. The monoisotopic (exact) mass is 374 g/mol. The second-order valence-electron chi connectivity index (χ2n) is 8.21. The summed E-state index contributed by atoms with van der Waals surface area (Å²) in [5, 5.41) is 6.63. The van der Waals surface area contributed by atoms with E-state index in [1.54, 1.807) is 4.90 Å². The van der Waals surface area contributed by atoms with Crippen molar-refractivity contribution in [3.63, 3.8) is 0 Å². The lowest BCUT2D eigenvalue weighted by molar-refractivity contribution is -0.141. The van der Waals surface area contributed by atoms with E-state index in [0.717, 1.165) is 12.2 Å². The van der Waals surface area contributed by atoms with E-state index in [4.69, 9.17) is 0 Å². The first-order valence-electron chi connectivity index (χ1n) is 9.69. The van der Waals surface area contributed by atoms with Crippen LogP contribution < -0.4 is 5.32 Å². The lowest BCUT2D eigenvalue weighted by Gasteiger charge is -2.43. The van der Waals surface area contributed by atoms with Gasteiger partial charge >= 0.3 is 6.03 Å². The summed E-state index contributed by atoms with van der Waals surface area (Å²) < 4.78 is 1.85. The average Bonchev–Trinajstić information content (AvgIpc) is 3.20. The van der Waals surface area contributed by atoms with Crippen molar-refractivity contribution in [3.8, 4) is 0 Å². The molecule has 9 heteroatoms. The standard InChI is InChI=1S/C18H26N6O3/c1-12(2)10-23-17(27)21-16(26)18(23)4-7-22(8-5-18)15(25)13-3-6-24-14(9-13)19-11-20-24/h11-13H,3-10H2,1-2H3,(H,21,26,27). The van der Waals surface area contributed by atoms with Crippen molar-refractivity contribution < 1.29 is 14.4 Å². The molecule has 0 saturated carbocycles. The van der Waals surface area contributed by atoms with Crippen molar-refractivity contribution >= 4 is 17.8 Å². The fraction of sp³-hybridized carbons (Fsp3) is 0.722. The number of fused-ring (bicyclic) bond motifs is 1. The number of nitrogens with zero attached hydrogens (tertiary/aromatic N) is 5. The van der Waals surface area contributed by atoms with E-state index >= 15 is 0 Å². The molecule has 1 N–H and O–H groups in total. The normalized spacial score (nSPS) is 24.5. The Kier molecular flexibility index (Phi) is 4.39. The number of likely N-dealkylation sites (tertiary alicyclic amines) is 1. The van der Waals surface area contributed by atoms with Gasteiger partial charge in [-0.1, -0.05) is 13.8 Å². The summed E-state index contributed by atoms with van der Waals surface area (Å²) in [4.78, 5) is 45.5. The number of rotatable bonds is 3. The van der Waals surface area contributed by atoms with Crippen molar-refractivity contribution in [1.82, 2.24) is 29.9 Å². The predicted octanol–water partition coefficient (Wildman–Crippen LogP) is 0.410. The molecule has 1 aromatic rings. The number of hydrogen-bond donors (Lipinski definition) is 1. The maximum atomic E-state index is 13.0. The molecular weight excluding hydrogens is 348 g/mol. The molecule has 1 unspecified atom stereocenters. The second kappa shape index (κ2) is 6.61. The molecule has 146 valence electrons. The molecule has 1 atom stereocenters. The third-order valence-electron chi connectivity index (χ3n) is 6.02. The molecule has 3 aliphatic rings. The number of hydrogen-bond acceptors (Lipinski definition) is 5. The fourth-order valence-electron chi connectivity index (χ4n) is 4.52. The Labute approximate surface area is 158 Å². The Morgan fingerprint density at radius 3 is 2.74 bits per heavy atom. The topological polar surface area (TPSA) is 100 Å². The van der Waals surface area contributed by atoms with Crippen molar-refractivity contribution in [1.29, 1.82) is 0 Å². The van der Waals surface area contributed by atoms with Gasteiger partial charge in [0.2, 0.25) is 5.91 Å². The number of amides is 4. The quantitative estimate of drug-likeness (QED) is 0.773. The number of aryl methyl sites for hydroxylation is 1. The number of aromatic nitrogens is 3. The van der Waals surface area contributed by atoms with Gasteiger partial charge in [-0.25, -0.2) is 9.78 Å². The van der Waals surface area contributed by atoms with Gasteiger partial charge in [-0.15, -0.1) is 0 Å². The molecule has 2 saturated heterocycles. The summed E-state index contributed by atoms with van der Waals surface area (Å²) >= 11 is 0. The van der Waals surface area contributed by atoms with Gasteiger partial charge in [0, 0.05) is 38.5 Å². The Balaban J connectivity index is 1.43. The predicted molar refractivity (Wildman–Crippen MR) is 95.5 cm³/mol. The average molecular weight is 374 g/mol. The van der Waals surface area contributed by atoms with Gasteiger partial charge in [-0.2, -0.15) is 5.10 Å². The molecule has 9 nitrogen and oxygen atoms in total. The fourth-order valence-corrected chi connectivity index (χ4v) is 4.52. The van der Waals surface area contributed by atoms with Crippen LogP contribution in [-0.2, 0) is 22.6 Å². The summed E-state index contributed by atoms with van der Waals surface area (Å²) in [6.07, 6.45) is 3.89. The number of carbonyl (C=O) groups is 3. The van der Waals surface area contributed by atoms with Crippen molar-refractivity contribution in [2.75, 3.05) is 19.6 Å². The molecule has 0 aromatic carbocycles. The van der Waals surface area contributed by atoms with Crippen LogP contribution in [0, 0.1) is 11.8 Å². The number of imide groups is 1. The van der Waals surface area contributed by atoms with Crippen LogP contribution in [0.4, 0.5) is 4.79 Å². The number of nitrogens with one attached hydrogen (secondary N) is 1. The highest BCUT2D eigenvalue weighted by Crippen LogP contribution is 2.35. The number of carbonyl (C=O) groups excluding carboxylic acids is 3. The van der Waals surface area contributed by atoms with Crippen molar-refractivity contribution in [3.05, 3.63) is 12.2 Å². The van der Waals surface area contributed by atoms with Crippen LogP contribution in [0.5, 0.6) is 0 Å². The van der Waals surface area contributed by atoms with Crippen LogP contribution in [0.25, 0.3) is 0 Å². The minimum absolute atomic E-state index is 0.0819. The van der Waals surface area contributed by atoms with E-state index in [1.165, 1.54) is 6.33 Å². The van der Waals surface area contributed by atoms with Gasteiger partial charge in [0.05, 0.1) is 0 Å². The molecule has 0 bridgehead atoms. The minimum Gasteiger partial charge on any atom is -0.342 e. The van der Waals surface area contributed by atoms with E-state index < -0.39 is 5.54 Å². The Hall–Kier alpha value is -2.45. The largest absolute Gasteiger partial charge is 0.342 e. The van der Waals surface area contributed by atoms with Crippen LogP contribution in [0.15, 0.2) is 6.33 Å². The molecule has 4 amide bonds. The number of piperidine rings is 1. The maximum Gasteiger partial charge on any atom is 0.325 e. The van der Waals surface area contributed by atoms with Gasteiger partial charge < -0.3 is 9.80 Å². The minimum atomic E-state index is -0.801. The molecule has 0 aliphatic carbocycles. The van der Waals surface area contributed by atoms with Gasteiger partial charge in [-0.05, 0) is 25.2 Å². The third kappa shape index (κ3) is 2.98. The summed E-state index contributed by atoms with van der Waals surface area (Å²) in [7, 11) is 0. The summed E-state index contributed by atoms with van der Waals surface area (Å²) in [6, 6.07) is -0.305. The highest BCUT2D eigenvalue weighted by Gasteiger charge is 2.54. The van der Waals surface area contributed by atoms with Crippen LogP contribution in [0.3, 0.4) is 0 Å². The lowest BCUT2D eigenvalue weighted by atomic mass is 9.84. The molecule has 2 fully saturated rings. The zero-order valence-corrected chi connectivity index (χ0v) is 15.8. The van der Waals surface area contributed by atoms with Crippen LogP contribution in [0.1, 0.15) is 38.9 Å². The molecule has 4 rings (SSSR count). The van der Waals surface area contributed by atoms with Gasteiger partial charge in [0.25, 0.3) is 5.91 Å². The SMILES string of the molecule is CC(C)CN1C(=O)NC(=O)C12CCN(C(=O)C1CCn3ncnc3C1)CC2. The molecule has 3 aliphatic heterocycles. The molecule has 27 heavy (non-hydrogen) atoms. The zero-order valence-electron chi connectivity index (χ0n) is 15.8. The first kappa shape index (κ1) is 17.9. The van der Waals surface area contributed by atoms with E-state index in [0.29, 0.717) is 45.4 Å². The summed E-state index contributed by atoms with van der Waals surface area (Å²) in [5.41, 5.74) is -0.801. The summed E-state index contributed by atoms with van der Waals surface area (Å²) in [6.45, 7) is 6.32. The molecule has 1 aromatic heterocycles. The molecule has 1 spiro atoms. The third-order valence-corrected chi connectivity index (χ3v) is 6.02. The van der Waals surface area contributed by atoms with Gasteiger partial charge in [0.1, 0.15) is 17.7 Å². The van der Waals surface area contributed by atoms with E-state index in [-0.39, 0.29) is 29.7 Å². The van der Waals surface area contributed by atoms with Crippen LogP contribution in [-0.4, -0.2) is 67.6 Å². The molecular formula is C18H26N6O3. The maximum absolute atomic E-state index is 13.0. The van der Waals surface area contributed by atoms with Gasteiger partial charge in [0.15, 0.2) is 0 Å². The molecule has 4 heterocycles. The first-order chi connectivity index (χ1) is 12.9. The zero-order chi connectivity index (χ0) is 19.2. The van der Waals surface area contributed by atoms with Crippen molar-refractivity contribution in [2.24, 2.45) is 11.8 Å². The number of urea groups is 1. The smallest absolute Gasteiger partial charge is 0.325 e. The van der Waals surface area contributed by atoms with Crippen LogP contribution >= 0.6 is 0 Å². The van der Waals surface area contributed by atoms with Crippen LogP contribution in [0.2, 0.25) is 0 Å². The van der Waals surface area contributed by atoms with E-state index in [1.807, 2.05) is 23.4 Å². The Morgan fingerprint density at radius 2 is 2.04 bits per heavy atom. The first-order valence-corrected chi connectivity index (χ1v) is 9.69. The second-order valence-corrected chi connectivity index (χ2v) is 8.21. The van der Waals surface area contributed by atoms with Crippen molar-refractivity contribution in [2.45, 2.75) is 51.6 Å².